The van der Waals surface area contributed by atoms with Crippen molar-refractivity contribution >= 4 is 11.9 Å². The molecule has 0 N–H and O–H groups in total. The molecule has 0 saturated carbocycles. The predicted molar refractivity (Wildman–Crippen MR) is 58.0 cm³/mol. The molecule has 1 aliphatic rings. The maximum Gasteiger partial charge on any atom is 0.167 e. The molecule has 1 aliphatic carbocycles. The molecule has 14 heavy (non-hydrogen) atoms. The van der Waals surface area contributed by atoms with Crippen LogP contribution >= 0.6 is 0 Å². The summed E-state index contributed by atoms with van der Waals surface area (Å²) >= 11 is 0. The van der Waals surface area contributed by atoms with Gasteiger partial charge >= 0.3 is 0 Å². The average Bonchev–Trinajstić information content (AvgIpc) is 2.17. The minimum atomic E-state index is -0.142. The summed E-state index contributed by atoms with van der Waals surface area (Å²) in [6.07, 6.45) is 3.51. The Balaban J connectivity index is 2.59. The van der Waals surface area contributed by atoms with E-state index in [1.807, 2.05) is 37.3 Å². The molecule has 0 aliphatic heterocycles. The molecule has 1 nitrogen and oxygen atoms in total. The van der Waals surface area contributed by atoms with Crippen LogP contribution in [0, 0.1) is 0 Å². The van der Waals surface area contributed by atoms with Gasteiger partial charge in [0, 0.05) is 0 Å². The van der Waals surface area contributed by atoms with Gasteiger partial charge in [-0.25, -0.2) is 0 Å². The van der Waals surface area contributed by atoms with E-state index in [1.54, 1.807) is 6.08 Å². The van der Waals surface area contributed by atoms with Crippen LogP contribution < -0.4 is 0 Å². The molecule has 1 atom stereocenters. The first-order valence-corrected chi connectivity index (χ1v) is 4.66. The molecule has 0 spiro atoms. The van der Waals surface area contributed by atoms with Gasteiger partial charge in [0.25, 0.3) is 0 Å². The van der Waals surface area contributed by atoms with E-state index in [0.29, 0.717) is 0 Å². The largest absolute Gasteiger partial charge is 0.294 e. The third-order valence-corrected chi connectivity index (χ3v) is 2.51. The highest BCUT2D eigenvalue weighted by molar-refractivity contribution is 6.03. The zero-order valence-electron chi connectivity index (χ0n) is 8.16. The topological polar surface area (TPSA) is 17.1 Å². The Morgan fingerprint density at radius 3 is 2.71 bits per heavy atom. The van der Waals surface area contributed by atoms with E-state index in [-0.39, 0.29) is 11.7 Å². The van der Waals surface area contributed by atoms with Crippen LogP contribution in [0.4, 0.5) is 0 Å². The van der Waals surface area contributed by atoms with E-state index in [4.69, 9.17) is 0 Å². The van der Waals surface area contributed by atoms with Crippen molar-refractivity contribution in [1.82, 2.24) is 0 Å². The lowest BCUT2D eigenvalue weighted by Gasteiger charge is -2.20. The highest BCUT2D eigenvalue weighted by Crippen LogP contribution is 2.31. The van der Waals surface area contributed by atoms with Crippen LogP contribution in [-0.4, -0.2) is 5.78 Å². The van der Waals surface area contributed by atoms with E-state index < -0.39 is 0 Å². The molecule has 0 heterocycles. The zero-order chi connectivity index (χ0) is 10.1. The van der Waals surface area contributed by atoms with E-state index in [1.165, 1.54) is 0 Å². The normalized spacial score (nSPS) is 19.2. The van der Waals surface area contributed by atoms with E-state index in [9.17, 15) is 4.79 Å². The smallest absolute Gasteiger partial charge is 0.167 e. The summed E-state index contributed by atoms with van der Waals surface area (Å²) in [5.41, 5.74) is 3.11. The van der Waals surface area contributed by atoms with Crippen LogP contribution in [0.2, 0.25) is 0 Å². The lowest BCUT2D eigenvalue weighted by molar-refractivity contribution is -0.115. The minimum Gasteiger partial charge on any atom is -0.294 e. The van der Waals surface area contributed by atoms with Crippen LogP contribution in [-0.2, 0) is 4.79 Å². The van der Waals surface area contributed by atoms with Crippen molar-refractivity contribution in [3.63, 3.8) is 0 Å². The van der Waals surface area contributed by atoms with Crippen molar-refractivity contribution in [1.29, 1.82) is 0 Å². The zero-order valence-corrected chi connectivity index (χ0v) is 8.16. The van der Waals surface area contributed by atoms with Crippen LogP contribution in [0.3, 0.4) is 0 Å². The van der Waals surface area contributed by atoms with Gasteiger partial charge in [-0.05, 0) is 24.1 Å². The van der Waals surface area contributed by atoms with E-state index in [2.05, 4.69) is 6.58 Å². The fourth-order valence-corrected chi connectivity index (χ4v) is 1.86. The Morgan fingerprint density at radius 2 is 2.00 bits per heavy atom. The minimum absolute atomic E-state index is 0.135. The van der Waals surface area contributed by atoms with Gasteiger partial charge in [-0.1, -0.05) is 42.5 Å². The van der Waals surface area contributed by atoms with E-state index in [0.717, 1.165) is 16.7 Å². The van der Waals surface area contributed by atoms with Gasteiger partial charge in [-0.15, -0.1) is 0 Å². The molecule has 0 amide bonds. The number of allylic oxidation sites excluding steroid dienone is 2. The van der Waals surface area contributed by atoms with Crippen LogP contribution in [0.1, 0.15) is 24.0 Å². The monoisotopic (exact) mass is 184 g/mol. The Labute approximate surface area is 83.8 Å². The lowest BCUT2D eigenvalue weighted by Crippen LogP contribution is -2.15. The summed E-state index contributed by atoms with van der Waals surface area (Å²) < 4.78 is 0. The van der Waals surface area contributed by atoms with Crippen LogP contribution in [0.15, 0.2) is 42.5 Å². The van der Waals surface area contributed by atoms with E-state index >= 15 is 0 Å². The molecule has 0 bridgehead atoms. The standard InChI is InChI=1S/C13H12O/c1-9(2)13-11-6-4-3-5-10(11)7-8-12(13)14/h3-8,13H,1H2,2H3. The lowest BCUT2D eigenvalue weighted by atomic mass is 9.82. The van der Waals surface area contributed by atoms with Gasteiger partial charge in [-0.2, -0.15) is 0 Å². The van der Waals surface area contributed by atoms with Gasteiger partial charge in [0.05, 0.1) is 5.92 Å². The molecule has 0 aromatic heterocycles. The van der Waals surface area contributed by atoms with Gasteiger partial charge in [0.2, 0.25) is 0 Å². The first-order valence-electron chi connectivity index (χ1n) is 4.66. The first kappa shape index (κ1) is 8.95. The third kappa shape index (κ3) is 1.31. The summed E-state index contributed by atoms with van der Waals surface area (Å²) in [6.45, 7) is 5.77. The first-order chi connectivity index (χ1) is 6.70. The number of benzene rings is 1. The summed E-state index contributed by atoms with van der Waals surface area (Å²) in [5.74, 6) is -0.00704. The van der Waals surface area contributed by atoms with Crippen molar-refractivity contribution in [3.8, 4) is 0 Å². The highest BCUT2D eigenvalue weighted by atomic mass is 16.1. The molecule has 1 aromatic carbocycles. The van der Waals surface area contributed by atoms with Gasteiger partial charge < -0.3 is 0 Å². The predicted octanol–water partition coefficient (Wildman–Crippen LogP) is 2.94. The number of hydrogen-bond acceptors (Lipinski definition) is 1. The maximum absolute atomic E-state index is 11.7. The number of ketones is 1. The van der Waals surface area contributed by atoms with Crippen LogP contribution in [0.25, 0.3) is 6.08 Å². The number of rotatable bonds is 1. The fourth-order valence-electron chi connectivity index (χ4n) is 1.86. The Morgan fingerprint density at radius 1 is 1.29 bits per heavy atom. The van der Waals surface area contributed by atoms with Crippen molar-refractivity contribution in [2.75, 3.05) is 0 Å². The van der Waals surface area contributed by atoms with Crippen molar-refractivity contribution in [2.24, 2.45) is 0 Å². The van der Waals surface area contributed by atoms with Crippen molar-refractivity contribution in [3.05, 3.63) is 53.6 Å². The quantitative estimate of drug-likeness (QED) is 0.613. The molecule has 1 aromatic rings. The Hall–Kier alpha value is -1.63. The molecular formula is C13H12O. The summed E-state index contributed by atoms with van der Waals surface area (Å²) in [4.78, 5) is 11.7. The highest BCUT2D eigenvalue weighted by Gasteiger charge is 2.23. The SMILES string of the molecule is C=C(C)C1C(=O)C=Cc2ccccc21. The second-order valence-corrected chi connectivity index (χ2v) is 3.64. The molecule has 0 radical (unpaired) electrons. The number of hydrogen-bond donors (Lipinski definition) is 0. The molecule has 0 saturated heterocycles. The average molecular weight is 184 g/mol. The second-order valence-electron chi connectivity index (χ2n) is 3.64. The maximum atomic E-state index is 11.7. The molecule has 1 unspecified atom stereocenters. The summed E-state index contributed by atoms with van der Waals surface area (Å²) in [7, 11) is 0. The fraction of sp³-hybridized carbons (Fsp3) is 0.154. The summed E-state index contributed by atoms with van der Waals surface area (Å²) in [5, 5.41) is 0. The Kier molecular flexibility index (Phi) is 2.08. The second kappa shape index (κ2) is 3.26. The number of fused-ring (bicyclic) bond motifs is 1. The molecule has 2 rings (SSSR count). The van der Waals surface area contributed by atoms with Crippen molar-refractivity contribution in [2.45, 2.75) is 12.8 Å². The van der Waals surface area contributed by atoms with Crippen LogP contribution in [0.5, 0.6) is 0 Å². The van der Waals surface area contributed by atoms with Gasteiger partial charge in [0.15, 0.2) is 5.78 Å². The van der Waals surface area contributed by atoms with Gasteiger partial charge in [0.1, 0.15) is 0 Å². The third-order valence-electron chi connectivity index (χ3n) is 2.51. The number of carbonyl (C=O) groups excluding carboxylic acids is 1. The molecular weight excluding hydrogens is 172 g/mol. The molecule has 1 heteroatoms. The number of carbonyl (C=O) groups is 1. The molecule has 70 valence electrons. The van der Waals surface area contributed by atoms with Gasteiger partial charge in [-0.3, -0.25) is 4.79 Å². The van der Waals surface area contributed by atoms with Crippen molar-refractivity contribution < 1.29 is 4.79 Å². The summed E-state index contributed by atoms with van der Waals surface area (Å²) in [6, 6.07) is 7.96. The Bertz CT molecular complexity index is 427. The molecule has 0 fully saturated rings.